The van der Waals surface area contributed by atoms with Crippen LogP contribution < -0.4 is 0 Å². The maximum atomic E-state index is 11.7. The van der Waals surface area contributed by atoms with Crippen molar-refractivity contribution in [3.63, 3.8) is 0 Å². The topological polar surface area (TPSA) is 220 Å². The van der Waals surface area contributed by atoms with Crippen molar-refractivity contribution in [2.75, 3.05) is 284 Å². The van der Waals surface area contributed by atoms with Crippen molar-refractivity contribution in [2.45, 2.75) is 45.8 Å². The molecule has 0 amide bonds. The molecule has 456 valence electrons. The Bertz CT molecular complexity index is 1100. The number of ketones is 1. The predicted molar refractivity (Wildman–Crippen MR) is 286 cm³/mol. The smallest absolute Gasteiger partial charge is 0.134 e. The lowest BCUT2D eigenvalue weighted by Gasteiger charge is -2.19. The minimum Gasteiger partial charge on any atom is -0.382 e. The largest absolute Gasteiger partial charge is 0.382 e. The molecule has 0 aliphatic rings. The fraction of sp³-hybridized carbons (Fsp3) is 0.981. The highest BCUT2D eigenvalue weighted by Gasteiger charge is 2.13. The Morgan fingerprint density at radius 1 is 0.289 bits per heavy atom. The number of rotatable bonds is 69. The third kappa shape index (κ3) is 65.7. The van der Waals surface area contributed by atoms with Gasteiger partial charge in [-0.25, -0.2) is 0 Å². The van der Waals surface area contributed by atoms with Gasteiger partial charge >= 0.3 is 0 Å². The highest BCUT2D eigenvalue weighted by molar-refractivity contribution is 7.80. The molecule has 76 heavy (non-hydrogen) atoms. The van der Waals surface area contributed by atoms with E-state index in [9.17, 15) is 4.79 Å². The van der Waals surface area contributed by atoms with E-state index < -0.39 is 0 Å². The summed E-state index contributed by atoms with van der Waals surface area (Å²) in [6, 6.07) is 0. The van der Waals surface area contributed by atoms with Crippen LogP contribution in [0.1, 0.15) is 33.6 Å². The third-order valence-electron chi connectivity index (χ3n) is 9.73. The average molecular weight is 1130 g/mol. The molecule has 23 nitrogen and oxygen atoms in total. The molecule has 0 heterocycles. The standard InChI is InChI=1S/C52H104O23S/c1-49(45-52(53)5-44-76)46-74-51(3)48-75-50(2)47-73-43-42-72-41-40-71-39-38-70-37-36-69-35-34-68-33-32-67-31-30-66-29-28-65-27-26-64-25-24-63-23-22-62-21-20-61-19-18-60-17-16-59-15-14-58-13-12-57-11-10-56-9-8-55-7-6-54-4/h49-51,76H,5-48H2,1-4H3. The van der Waals surface area contributed by atoms with Crippen LogP contribution in [0, 0.1) is 5.92 Å². The van der Waals surface area contributed by atoms with Crippen molar-refractivity contribution >= 4 is 18.4 Å². The lowest BCUT2D eigenvalue weighted by molar-refractivity contribution is -0.120. The highest BCUT2D eigenvalue weighted by Crippen LogP contribution is 2.08. The Kier molecular flexibility index (Phi) is 65.9. The van der Waals surface area contributed by atoms with Gasteiger partial charge in [-0.15, -0.1) is 0 Å². The number of methoxy groups -OCH3 is 1. The Morgan fingerprint density at radius 2 is 0.487 bits per heavy atom. The zero-order chi connectivity index (χ0) is 55.0. The van der Waals surface area contributed by atoms with Crippen LogP contribution in [0.3, 0.4) is 0 Å². The van der Waals surface area contributed by atoms with Crippen molar-refractivity contribution in [1.82, 2.24) is 0 Å². The minimum atomic E-state index is -0.0611. The fourth-order valence-corrected chi connectivity index (χ4v) is 6.00. The molecule has 0 rings (SSSR count). The van der Waals surface area contributed by atoms with Crippen molar-refractivity contribution in [1.29, 1.82) is 0 Å². The summed E-state index contributed by atoms with van der Waals surface area (Å²) in [5.41, 5.74) is 0. The molecule has 0 spiro atoms. The summed E-state index contributed by atoms with van der Waals surface area (Å²) in [6.07, 6.45) is 0.907. The zero-order valence-electron chi connectivity index (χ0n) is 47.2. The van der Waals surface area contributed by atoms with Crippen LogP contribution in [-0.2, 0) is 109 Å². The van der Waals surface area contributed by atoms with Gasteiger partial charge in [0.25, 0.3) is 0 Å². The van der Waals surface area contributed by atoms with Crippen LogP contribution in [0.15, 0.2) is 0 Å². The first-order chi connectivity index (χ1) is 37.5. The molecule has 0 radical (unpaired) electrons. The number of thiol groups is 1. The lowest BCUT2D eigenvalue weighted by Crippen LogP contribution is -2.25. The SMILES string of the molecule is COCCOCCOCCOCCOCCOCCOCCOCCOCCOCCOCCOCCOCCOCCOCCOCCOCCOCCOCCOCC(C)OCC(C)OCC(C)CC(=O)CCS. The van der Waals surface area contributed by atoms with Gasteiger partial charge in [-0.2, -0.15) is 12.6 Å². The summed E-state index contributed by atoms with van der Waals surface area (Å²) in [6.45, 7) is 26.4. The first-order valence-electron chi connectivity index (χ1n) is 27.3. The van der Waals surface area contributed by atoms with E-state index in [1.165, 1.54) is 0 Å². The van der Waals surface area contributed by atoms with Gasteiger partial charge in [0.05, 0.1) is 283 Å². The molecule has 24 heteroatoms. The van der Waals surface area contributed by atoms with Gasteiger partial charge in [0.2, 0.25) is 0 Å². The molecule has 0 aliphatic carbocycles. The van der Waals surface area contributed by atoms with Crippen LogP contribution in [0.5, 0.6) is 0 Å². The maximum Gasteiger partial charge on any atom is 0.134 e. The molecule has 0 aromatic rings. The molecule has 0 saturated carbocycles. The van der Waals surface area contributed by atoms with Crippen LogP contribution in [0.4, 0.5) is 0 Å². The lowest BCUT2D eigenvalue weighted by atomic mass is 10.0. The molecule has 0 aromatic carbocycles. The maximum absolute atomic E-state index is 11.7. The average Bonchev–Trinajstić information content (AvgIpc) is 3.41. The summed E-state index contributed by atoms with van der Waals surface area (Å²) in [5.74, 6) is 0.989. The number of hydrogen-bond donors (Lipinski definition) is 1. The second-order valence-electron chi connectivity index (χ2n) is 16.7. The van der Waals surface area contributed by atoms with Crippen molar-refractivity contribution < 1.29 is 109 Å². The van der Waals surface area contributed by atoms with Crippen LogP contribution in [-0.4, -0.2) is 302 Å². The van der Waals surface area contributed by atoms with E-state index in [4.69, 9.17) is 104 Å². The number of Topliss-reactive ketones (excluding diaryl/α,β-unsaturated/α-hetero) is 1. The Hall–Kier alpha value is -0.860. The van der Waals surface area contributed by atoms with Gasteiger partial charge in [0.1, 0.15) is 5.78 Å². The summed E-state index contributed by atoms with van der Waals surface area (Å²) in [5, 5.41) is 0. The summed E-state index contributed by atoms with van der Waals surface area (Å²) in [4.78, 5) is 11.7. The van der Waals surface area contributed by atoms with E-state index in [1.54, 1.807) is 7.11 Å². The van der Waals surface area contributed by atoms with Crippen molar-refractivity contribution in [2.24, 2.45) is 5.92 Å². The predicted octanol–water partition coefficient (Wildman–Crippen LogP) is 2.67. The van der Waals surface area contributed by atoms with E-state index >= 15 is 0 Å². The Labute approximate surface area is 461 Å². The second kappa shape index (κ2) is 66.7. The van der Waals surface area contributed by atoms with Gasteiger partial charge in [0, 0.05) is 20.0 Å². The number of ether oxygens (including phenoxy) is 22. The van der Waals surface area contributed by atoms with E-state index in [0.29, 0.717) is 289 Å². The monoisotopic (exact) mass is 1130 g/mol. The van der Waals surface area contributed by atoms with Gasteiger partial charge in [-0.3, -0.25) is 4.79 Å². The van der Waals surface area contributed by atoms with Crippen LogP contribution >= 0.6 is 12.6 Å². The van der Waals surface area contributed by atoms with Crippen molar-refractivity contribution in [3.8, 4) is 0 Å². The first kappa shape index (κ1) is 75.1. The normalized spacial score (nSPS) is 13.0. The third-order valence-corrected chi connectivity index (χ3v) is 9.95. The quantitative estimate of drug-likeness (QED) is 0.0684. The summed E-state index contributed by atoms with van der Waals surface area (Å²) < 4.78 is 121. The summed E-state index contributed by atoms with van der Waals surface area (Å²) in [7, 11) is 1.64. The van der Waals surface area contributed by atoms with Crippen LogP contribution in [0.25, 0.3) is 0 Å². The van der Waals surface area contributed by atoms with E-state index in [2.05, 4.69) is 12.6 Å². The molecular formula is C52H104O23S. The highest BCUT2D eigenvalue weighted by atomic mass is 32.1. The Morgan fingerprint density at radius 3 is 0.711 bits per heavy atom. The molecule has 0 saturated heterocycles. The molecule has 3 atom stereocenters. The van der Waals surface area contributed by atoms with Gasteiger partial charge in [-0.05, 0) is 25.5 Å². The minimum absolute atomic E-state index is 0.0576. The van der Waals surface area contributed by atoms with E-state index in [0.717, 1.165) is 0 Å². The van der Waals surface area contributed by atoms with Crippen molar-refractivity contribution in [3.05, 3.63) is 0 Å². The van der Waals surface area contributed by atoms with Gasteiger partial charge in [0.15, 0.2) is 0 Å². The van der Waals surface area contributed by atoms with E-state index in [-0.39, 0.29) is 23.9 Å². The molecule has 0 N–H and O–H groups in total. The number of carbonyl (C=O) groups excluding carboxylic acids is 1. The molecular weight excluding hydrogens is 1020 g/mol. The summed E-state index contributed by atoms with van der Waals surface area (Å²) >= 11 is 4.11. The zero-order valence-corrected chi connectivity index (χ0v) is 48.1. The fourth-order valence-electron chi connectivity index (χ4n) is 5.75. The molecule has 3 unspecified atom stereocenters. The first-order valence-corrected chi connectivity index (χ1v) is 27.9. The number of carbonyl (C=O) groups is 1. The molecule has 0 aliphatic heterocycles. The molecule has 0 bridgehead atoms. The van der Waals surface area contributed by atoms with Gasteiger partial charge < -0.3 is 104 Å². The molecule has 0 aromatic heterocycles. The van der Waals surface area contributed by atoms with Crippen LogP contribution in [0.2, 0.25) is 0 Å². The van der Waals surface area contributed by atoms with Gasteiger partial charge in [-0.1, -0.05) is 6.92 Å². The molecule has 0 fully saturated rings. The van der Waals surface area contributed by atoms with E-state index in [1.807, 2.05) is 20.8 Å². The Balaban J connectivity index is 3.16. The second-order valence-corrected chi connectivity index (χ2v) is 17.1. The number of hydrogen-bond acceptors (Lipinski definition) is 24.